The Balaban J connectivity index is 1.59. The van der Waals surface area contributed by atoms with Crippen LogP contribution >= 0.6 is 0 Å². The van der Waals surface area contributed by atoms with Crippen molar-refractivity contribution in [2.24, 2.45) is 0 Å². The standard InChI is InChI=1S/C20H22N6O/c1-14-12-19(26-25-14)23-17-13-18(24-20-8-5-11-27-20)22-16(21-17)10-9-15-6-3-2-4-7-15/h2-4,6-7,9-10,12-13,20H,5,8,11H2,1H3,(H3,21,22,23,24,25,26)/b10-9+. The molecule has 1 unspecified atom stereocenters. The summed E-state index contributed by atoms with van der Waals surface area (Å²) < 4.78 is 5.66. The Morgan fingerprint density at radius 2 is 1.93 bits per heavy atom. The van der Waals surface area contributed by atoms with Crippen molar-refractivity contribution in [1.29, 1.82) is 0 Å². The van der Waals surface area contributed by atoms with Gasteiger partial charge in [0.1, 0.15) is 17.9 Å². The summed E-state index contributed by atoms with van der Waals surface area (Å²) in [4.78, 5) is 9.19. The molecule has 7 heteroatoms. The number of rotatable bonds is 6. The highest BCUT2D eigenvalue weighted by Gasteiger charge is 2.16. The fraction of sp³-hybridized carbons (Fsp3) is 0.250. The van der Waals surface area contributed by atoms with Crippen LogP contribution < -0.4 is 10.6 Å². The fourth-order valence-corrected chi connectivity index (χ4v) is 2.88. The van der Waals surface area contributed by atoms with Crippen molar-refractivity contribution in [3.63, 3.8) is 0 Å². The second-order valence-corrected chi connectivity index (χ2v) is 6.45. The number of hydrogen-bond acceptors (Lipinski definition) is 6. The van der Waals surface area contributed by atoms with E-state index in [0.717, 1.165) is 36.5 Å². The van der Waals surface area contributed by atoms with Crippen LogP contribution in [0.5, 0.6) is 0 Å². The molecule has 3 N–H and O–H groups in total. The molecule has 1 atom stereocenters. The molecule has 1 aliphatic rings. The zero-order chi connectivity index (χ0) is 18.5. The lowest BCUT2D eigenvalue weighted by atomic mass is 10.2. The van der Waals surface area contributed by atoms with E-state index in [1.165, 1.54) is 0 Å². The number of nitrogens with zero attached hydrogens (tertiary/aromatic N) is 3. The number of aromatic nitrogens is 4. The van der Waals surface area contributed by atoms with Gasteiger partial charge in [-0.05, 0) is 31.4 Å². The molecule has 27 heavy (non-hydrogen) atoms. The molecule has 0 spiro atoms. The number of H-pyrrole nitrogens is 1. The Morgan fingerprint density at radius 3 is 2.67 bits per heavy atom. The smallest absolute Gasteiger partial charge is 0.156 e. The van der Waals surface area contributed by atoms with Crippen molar-refractivity contribution in [3.05, 3.63) is 59.5 Å². The monoisotopic (exact) mass is 362 g/mol. The van der Waals surface area contributed by atoms with Gasteiger partial charge in [-0.3, -0.25) is 5.10 Å². The minimum atomic E-state index is -0.00803. The highest BCUT2D eigenvalue weighted by atomic mass is 16.5. The Hall–Kier alpha value is -3.19. The van der Waals surface area contributed by atoms with Crippen molar-refractivity contribution in [2.75, 3.05) is 17.2 Å². The molecule has 4 rings (SSSR count). The maximum Gasteiger partial charge on any atom is 0.156 e. The maximum absolute atomic E-state index is 5.66. The van der Waals surface area contributed by atoms with Gasteiger partial charge in [-0.1, -0.05) is 36.4 Å². The average Bonchev–Trinajstić information content (AvgIpc) is 3.32. The molecule has 0 saturated carbocycles. The van der Waals surface area contributed by atoms with Crippen molar-refractivity contribution in [1.82, 2.24) is 20.2 Å². The molecule has 0 bridgehead atoms. The fourth-order valence-electron chi connectivity index (χ4n) is 2.88. The molecular formula is C20H22N6O. The molecule has 0 amide bonds. The Labute approximate surface area is 157 Å². The van der Waals surface area contributed by atoms with E-state index < -0.39 is 0 Å². The van der Waals surface area contributed by atoms with Gasteiger partial charge in [-0.25, -0.2) is 9.97 Å². The zero-order valence-corrected chi connectivity index (χ0v) is 15.1. The first kappa shape index (κ1) is 17.2. The molecule has 1 fully saturated rings. The summed E-state index contributed by atoms with van der Waals surface area (Å²) in [6.07, 6.45) is 5.91. The van der Waals surface area contributed by atoms with Crippen LogP contribution in [0.25, 0.3) is 12.2 Å². The van der Waals surface area contributed by atoms with E-state index in [0.29, 0.717) is 17.5 Å². The maximum atomic E-state index is 5.66. The number of ether oxygens (including phenoxy) is 1. The molecular weight excluding hydrogens is 340 g/mol. The Bertz CT molecular complexity index is 915. The second kappa shape index (κ2) is 8.01. The first-order valence-corrected chi connectivity index (χ1v) is 9.04. The summed E-state index contributed by atoms with van der Waals surface area (Å²) in [7, 11) is 0. The van der Waals surface area contributed by atoms with Crippen LogP contribution in [-0.2, 0) is 4.74 Å². The third kappa shape index (κ3) is 4.71. The predicted molar refractivity (Wildman–Crippen MR) is 107 cm³/mol. The van der Waals surface area contributed by atoms with E-state index in [1.807, 2.05) is 61.5 Å². The quantitative estimate of drug-likeness (QED) is 0.615. The van der Waals surface area contributed by atoms with Gasteiger partial charge >= 0.3 is 0 Å². The molecule has 0 aliphatic carbocycles. The van der Waals surface area contributed by atoms with Gasteiger partial charge in [0.05, 0.1) is 0 Å². The lowest BCUT2D eigenvalue weighted by Gasteiger charge is -2.14. The molecule has 138 valence electrons. The lowest BCUT2D eigenvalue weighted by Crippen LogP contribution is -2.18. The first-order chi connectivity index (χ1) is 13.2. The second-order valence-electron chi connectivity index (χ2n) is 6.45. The third-order valence-electron chi connectivity index (χ3n) is 4.17. The highest BCUT2D eigenvalue weighted by molar-refractivity contribution is 5.68. The van der Waals surface area contributed by atoms with E-state index in [9.17, 15) is 0 Å². The lowest BCUT2D eigenvalue weighted by molar-refractivity contribution is 0.131. The van der Waals surface area contributed by atoms with Gasteiger partial charge in [0.15, 0.2) is 11.6 Å². The number of aryl methyl sites for hydroxylation is 1. The van der Waals surface area contributed by atoms with Gasteiger partial charge in [0.2, 0.25) is 0 Å². The van der Waals surface area contributed by atoms with Gasteiger partial charge < -0.3 is 15.4 Å². The van der Waals surface area contributed by atoms with Gasteiger partial charge in [-0.2, -0.15) is 5.10 Å². The van der Waals surface area contributed by atoms with Gasteiger partial charge in [0, 0.05) is 24.4 Å². The minimum Gasteiger partial charge on any atom is -0.359 e. The van der Waals surface area contributed by atoms with Crippen LogP contribution in [0.1, 0.15) is 29.9 Å². The average molecular weight is 362 g/mol. The summed E-state index contributed by atoms with van der Waals surface area (Å²) in [6.45, 7) is 2.73. The molecule has 7 nitrogen and oxygen atoms in total. The Morgan fingerprint density at radius 1 is 1.07 bits per heavy atom. The molecule has 3 aromatic rings. The topological polar surface area (TPSA) is 87.8 Å². The van der Waals surface area contributed by atoms with E-state index in [1.54, 1.807) is 0 Å². The van der Waals surface area contributed by atoms with Gasteiger partial charge in [0.25, 0.3) is 0 Å². The summed E-state index contributed by atoms with van der Waals surface area (Å²) in [5.41, 5.74) is 2.07. The number of aromatic amines is 1. The van der Waals surface area contributed by atoms with Crippen LogP contribution in [0.3, 0.4) is 0 Å². The zero-order valence-electron chi connectivity index (χ0n) is 15.1. The highest BCUT2D eigenvalue weighted by Crippen LogP contribution is 2.20. The van der Waals surface area contributed by atoms with Crippen LogP contribution in [0.15, 0.2) is 42.5 Å². The molecule has 3 heterocycles. The number of hydrogen-bond donors (Lipinski definition) is 3. The van der Waals surface area contributed by atoms with Crippen molar-refractivity contribution in [2.45, 2.75) is 26.0 Å². The normalized spacial score (nSPS) is 16.7. The summed E-state index contributed by atoms with van der Waals surface area (Å²) in [5.74, 6) is 2.72. The number of benzene rings is 1. The number of anilines is 3. The van der Waals surface area contributed by atoms with Crippen molar-refractivity contribution >= 4 is 29.6 Å². The predicted octanol–water partition coefficient (Wildman–Crippen LogP) is 3.97. The van der Waals surface area contributed by atoms with Crippen LogP contribution in [0.2, 0.25) is 0 Å². The largest absolute Gasteiger partial charge is 0.359 e. The summed E-state index contributed by atoms with van der Waals surface area (Å²) >= 11 is 0. The molecule has 1 aliphatic heterocycles. The Kier molecular flexibility index (Phi) is 5.11. The van der Waals surface area contributed by atoms with Crippen molar-refractivity contribution < 1.29 is 4.74 Å². The van der Waals surface area contributed by atoms with Crippen molar-refractivity contribution in [3.8, 4) is 0 Å². The summed E-state index contributed by atoms with van der Waals surface area (Å²) in [6, 6.07) is 13.9. The third-order valence-corrected chi connectivity index (χ3v) is 4.17. The van der Waals surface area contributed by atoms with Crippen LogP contribution in [0, 0.1) is 6.92 Å². The van der Waals surface area contributed by atoms with E-state index >= 15 is 0 Å². The SMILES string of the molecule is Cc1cc(Nc2cc(NC3CCCO3)nc(/C=C/c3ccccc3)n2)n[nH]1. The van der Waals surface area contributed by atoms with E-state index in [2.05, 4.69) is 30.8 Å². The van der Waals surface area contributed by atoms with Crippen LogP contribution in [0.4, 0.5) is 17.5 Å². The minimum absolute atomic E-state index is 0.00803. The molecule has 0 radical (unpaired) electrons. The van der Waals surface area contributed by atoms with E-state index in [4.69, 9.17) is 4.74 Å². The van der Waals surface area contributed by atoms with E-state index in [-0.39, 0.29) is 6.23 Å². The molecule has 1 saturated heterocycles. The summed E-state index contributed by atoms with van der Waals surface area (Å²) in [5, 5.41) is 13.7. The number of nitrogens with one attached hydrogen (secondary N) is 3. The van der Waals surface area contributed by atoms with Crippen LogP contribution in [-0.4, -0.2) is 33.0 Å². The molecule has 2 aromatic heterocycles. The van der Waals surface area contributed by atoms with Gasteiger partial charge in [-0.15, -0.1) is 0 Å². The molecule has 1 aromatic carbocycles. The first-order valence-electron chi connectivity index (χ1n) is 9.04.